The molecule has 8 heteroatoms. The minimum atomic E-state index is -0.275. The van der Waals surface area contributed by atoms with Crippen LogP contribution in [0.2, 0.25) is 0 Å². The van der Waals surface area contributed by atoms with E-state index in [1.807, 2.05) is 24.3 Å². The van der Waals surface area contributed by atoms with Crippen molar-refractivity contribution in [2.75, 3.05) is 19.5 Å². The quantitative estimate of drug-likeness (QED) is 0.478. The molecule has 0 aliphatic heterocycles. The highest BCUT2D eigenvalue weighted by Crippen LogP contribution is 2.13. The zero-order valence-electron chi connectivity index (χ0n) is 14.2. The Hall–Kier alpha value is -2.32. The number of thioether (sulfide) groups is 1. The van der Waals surface area contributed by atoms with Gasteiger partial charge in [0.1, 0.15) is 5.75 Å². The van der Waals surface area contributed by atoms with Gasteiger partial charge in [-0.3, -0.25) is 9.59 Å². The molecule has 0 aliphatic carbocycles. The lowest BCUT2D eigenvalue weighted by Gasteiger charge is -2.07. The van der Waals surface area contributed by atoms with Crippen LogP contribution in [0.4, 0.5) is 0 Å². The molecular formula is C17H21N3O4S. The van der Waals surface area contributed by atoms with Crippen LogP contribution in [-0.2, 0) is 17.8 Å². The van der Waals surface area contributed by atoms with E-state index in [1.54, 1.807) is 14.0 Å². The number of aryl methyl sites for hydroxylation is 1. The zero-order valence-corrected chi connectivity index (χ0v) is 15.0. The number of carbonyl (C=O) groups is 1. The van der Waals surface area contributed by atoms with E-state index in [2.05, 4.69) is 15.3 Å². The first kappa shape index (κ1) is 19.0. The SMILES string of the molecule is COc1ccc(CNC(=O)CSc2nc(C)c(CCO)c(=O)[nH]2)cc1. The third-order valence-corrected chi connectivity index (χ3v) is 4.42. The topological polar surface area (TPSA) is 104 Å². The number of ether oxygens (including phenoxy) is 1. The largest absolute Gasteiger partial charge is 0.497 e. The molecule has 0 atom stereocenters. The van der Waals surface area contributed by atoms with Gasteiger partial charge in [-0.05, 0) is 24.6 Å². The number of nitrogens with zero attached hydrogens (tertiary/aromatic N) is 1. The van der Waals surface area contributed by atoms with Crippen molar-refractivity contribution in [3.05, 3.63) is 51.4 Å². The van der Waals surface area contributed by atoms with Crippen LogP contribution < -0.4 is 15.6 Å². The van der Waals surface area contributed by atoms with Gasteiger partial charge in [-0.2, -0.15) is 0 Å². The maximum absolute atomic E-state index is 11.9. The summed E-state index contributed by atoms with van der Waals surface area (Å²) in [6.07, 6.45) is 0.265. The number of aromatic nitrogens is 2. The first-order valence-corrected chi connectivity index (χ1v) is 8.75. The molecule has 2 aromatic rings. The molecule has 1 aromatic heterocycles. The van der Waals surface area contributed by atoms with Crippen molar-refractivity contribution in [1.82, 2.24) is 15.3 Å². The lowest BCUT2D eigenvalue weighted by molar-refractivity contribution is -0.118. The predicted octanol–water partition coefficient (Wildman–Crippen LogP) is 1.03. The number of H-pyrrole nitrogens is 1. The zero-order chi connectivity index (χ0) is 18.2. The van der Waals surface area contributed by atoms with E-state index < -0.39 is 0 Å². The predicted molar refractivity (Wildman–Crippen MR) is 95.9 cm³/mol. The number of aromatic amines is 1. The molecule has 1 aromatic carbocycles. The second kappa shape index (κ2) is 9.24. The lowest BCUT2D eigenvalue weighted by atomic mass is 10.2. The van der Waals surface area contributed by atoms with Crippen LogP contribution in [0.3, 0.4) is 0 Å². The van der Waals surface area contributed by atoms with Gasteiger partial charge < -0.3 is 20.1 Å². The number of aliphatic hydroxyl groups excluding tert-OH is 1. The molecule has 0 spiro atoms. The highest BCUT2D eigenvalue weighted by atomic mass is 32.2. The van der Waals surface area contributed by atoms with Crippen LogP contribution in [0.15, 0.2) is 34.2 Å². The summed E-state index contributed by atoms with van der Waals surface area (Å²) in [5.74, 6) is 0.763. The van der Waals surface area contributed by atoms with E-state index in [1.165, 1.54) is 0 Å². The van der Waals surface area contributed by atoms with Gasteiger partial charge >= 0.3 is 0 Å². The Bertz CT molecular complexity index is 774. The van der Waals surface area contributed by atoms with Gasteiger partial charge in [0.2, 0.25) is 5.91 Å². The molecule has 0 fully saturated rings. The maximum Gasteiger partial charge on any atom is 0.255 e. The van der Waals surface area contributed by atoms with Crippen molar-refractivity contribution in [3.63, 3.8) is 0 Å². The highest BCUT2D eigenvalue weighted by Gasteiger charge is 2.10. The summed E-state index contributed by atoms with van der Waals surface area (Å²) < 4.78 is 5.08. The number of methoxy groups -OCH3 is 1. The van der Waals surface area contributed by atoms with E-state index in [-0.39, 0.29) is 30.2 Å². The van der Waals surface area contributed by atoms with Crippen molar-refractivity contribution < 1.29 is 14.6 Å². The Labute approximate surface area is 149 Å². The van der Waals surface area contributed by atoms with Gasteiger partial charge in [0.15, 0.2) is 5.16 Å². The Morgan fingerprint density at radius 1 is 1.36 bits per heavy atom. The Balaban J connectivity index is 1.86. The molecule has 0 bridgehead atoms. The summed E-state index contributed by atoms with van der Waals surface area (Å²) in [5.41, 5.74) is 1.73. The number of amides is 1. The molecule has 0 aliphatic rings. The van der Waals surface area contributed by atoms with Gasteiger partial charge in [-0.25, -0.2) is 4.98 Å². The number of hydrogen-bond donors (Lipinski definition) is 3. The fraction of sp³-hybridized carbons (Fsp3) is 0.353. The van der Waals surface area contributed by atoms with Crippen LogP contribution in [0.1, 0.15) is 16.8 Å². The molecule has 134 valence electrons. The van der Waals surface area contributed by atoms with Crippen molar-refractivity contribution in [2.24, 2.45) is 0 Å². The maximum atomic E-state index is 11.9. The van der Waals surface area contributed by atoms with Gasteiger partial charge in [0, 0.05) is 30.8 Å². The van der Waals surface area contributed by atoms with E-state index in [0.29, 0.717) is 23.0 Å². The molecule has 3 N–H and O–H groups in total. The van der Waals surface area contributed by atoms with Crippen LogP contribution in [-0.4, -0.2) is 40.5 Å². The molecule has 0 radical (unpaired) electrons. The van der Waals surface area contributed by atoms with Crippen LogP contribution >= 0.6 is 11.8 Å². The summed E-state index contributed by atoms with van der Waals surface area (Å²) in [7, 11) is 1.60. The average Bonchev–Trinajstić information content (AvgIpc) is 2.61. The van der Waals surface area contributed by atoms with Crippen LogP contribution in [0.25, 0.3) is 0 Å². The van der Waals surface area contributed by atoms with Gasteiger partial charge in [0.05, 0.1) is 12.9 Å². The molecule has 0 saturated heterocycles. The van der Waals surface area contributed by atoms with Crippen molar-refractivity contribution >= 4 is 17.7 Å². The number of benzene rings is 1. The summed E-state index contributed by atoms with van der Waals surface area (Å²) in [6.45, 7) is 2.03. The molecule has 25 heavy (non-hydrogen) atoms. The average molecular weight is 363 g/mol. The third kappa shape index (κ3) is 5.61. The molecule has 0 unspecified atom stereocenters. The van der Waals surface area contributed by atoms with Gasteiger partial charge in [-0.1, -0.05) is 23.9 Å². The first-order valence-electron chi connectivity index (χ1n) is 7.76. The minimum absolute atomic E-state index is 0.105. The Morgan fingerprint density at radius 3 is 2.68 bits per heavy atom. The van der Waals surface area contributed by atoms with Gasteiger partial charge in [-0.15, -0.1) is 0 Å². The molecule has 7 nitrogen and oxygen atoms in total. The van der Waals surface area contributed by atoms with E-state index in [0.717, 1.165) is 23.1 Å². The summed E-state index contributed by atoms with van der Waals surface area (Å²) in [4.78, 5) is 30.8. The molecular weight excluding hydrogens is 342 g/mol. The van der Waals surface area contributed by atoms with Gasteiger partial charge in [0.25, 0.3) is 5.56 Å². The van der Waals surface area contributed by atoms with Crippen LogP contribution in [0, 0.1) is 6.92 Å². The normalized spacial score (nSPS) is 10.5. The van der Waals surface area contributed by atoms with Crippen LogP contribution in [0.5, 0.6) is 5.75 Å². The van der Waals surface area contributed by atoms with E-state index in [9.17, 15) is 9.59 Å². The highest BCUT2D eigenvalue weighted by molar-refractivity contribution is 7.99. The summed E-state index contributed by atoms with van der Waals surface area (Å²) >= 11 is 1.16. The number of nitrogens with one attached hydrogen (secondary N) is 2. The lowest BCUT2D eigenvalue weighted by Crippen LogP contribution is -2.25. The fourth-order valence-electron chi connectivity index (χ4n) is 2.19. The monoisotopic (exact) mass is 363 g/mol. The smallest absolute Gasteiger partial charge is 0.255 e. The Kier molecular flexibility index (Phi) is 7.03. The molecule has 2 rings (SSSR count). The van der Waals surface area contributed by atoms with E-state index >= 15 is 0 Å². The number of rotatable bonds is 8. The van der Waals surface area contributed by atoms with Crippen molar-refractivity contribution in [1.29, 1.82) is 0 Å². The minimum Gasteiger partial charge on any atom is -0.497 e. The van der Waals surface area contributed by atoms with E-state index in [4.69, 9.17) is 9.84 Å². The standard InChI is InChI=1S/C17H21N3O4S/c1-11-14(7-8-21)16(23)20-17(19-11)25-10-15(22)18-9-12-3-5-13(24-2)6-4-12/h3-6,21H,7-10H2,1-2H3,(H,18,22)(H,19,20,23). The van der Waals surface area contributed by atoms with Crippen molar-refractivity contribution in [3.8, 4) is 5.75 Å². The molecule has 1 heterocycles. The summed E-state index contributed by atoms with van der Waals surface area (Å²) in [6, 6.07) is 7.44. The molecule has 0 saturated carbocycles. The fourth-order valence-corrected chi connectivity index (χ4v) is 2.92. The number of carbonyl (C=O) groups excluding carboxylic acids is 1. The van der Waals surface area contributed by atoms with Crippen molar-refractivity contribution in [2.45, 2.75) is 25.0 Å². The summed E-state index contributed by atoms with van der Waals surface area (Å²) in [5, 5.41) is 12.2. The third-order valence-electron chi connectivity index (χ3n) is 3.55. The molecule has 1 amide bonds. The second-order valence-corrected chi connectivity index (χ2v) is 6.29. The second-order valence-electron chi connectivity index (χ2n) is 5.32. The number of aliphatic hydroxyl groups is 1. The first-order chi connectivity index (χ1) is 12.0. The Morgan fingerprint density at radius 2 is 2.08 bits per heavy atom. The number of hydrogen-bond acceptors (Lipinski definition) is 6.